The van der Waals surface area contributed by atoms with Gasteiger partial charge in [0.1, 0.15) is 5.82 Å². The minimum Gasteiger partial charge on any atom is -0.441 e. The maximum absolute atomic E-state index is 13.7. The van der Waals surface area contributed by atoms with E-state index in [9.17, 15) is 17.6 Å². The average molecular weight is 438 g/mol. The molecule has 0 fully saturated rings. The molecule has 1 amide bonds. The van der Waals surface area contributed by atoms with E-state index in [0.717, 1.165) is 12.3 Å². The summed E-state index contributed by atoms with van der Waals surface area (Å²) in [5.74, 6) is -0.241. The fraction of sp³-hybridized carbons (Fsp3) is 0.158. The highest BCUT2D eigenvalue weighted by Gasteiger charge is 2.13. The number of halogens is 2. The van der Waals surface area contributed by atoms with Gasteiger partial charge < -0.3 is 9.73 Å². The highest BCUT2D eigenvalue weighted by Crippen LogP contribution is 2.28. The highest BCUT2D eigenvalue weighted by molar-refractivity contribution is 7.92. The zero-order chi connectivity index (χ0) is 21.0. The molecule has 0 saturated carbocycles. The molecular formula is C19H17ClFN3O4S. The Morgan fingerprint density at radius 3 is 2.72 bits per heavy atom. The summed E-state index contributed by atoms with van der Waals surface area (Å²) in [5.41, 5.74) is 0.712. The SMILES string of the molecule is CS(=O)(=O)Nc1cc(NC(=O)CCc2ncc(-c3ccccc3Cl)o2)ccc1F. The number of aryl methyl sites for hydroxylation is 1. The lowest BCUT2D eigenvalue weighted by atomic mass is 10.2. The van der Waals surface area contributed by atoms with Crippen LogP contribution in [0.15, 0.2) is 53.1 Å². The molecule has 0 aliphatic carbocycles. The van der Waals surface area contributed by atoms with Gasteiger partial charge in [-0.25, -0.2) is 17.8 Å². The third-order valence-corrected chi connectivity index (χ3v) is 4.72. The topological polar surface area (TPSA) is 101 Å². The Kier molecular flexibility index (Phi) is 6.19. The molecule has 29 heavy (non-hydrogen) atoms. The smallest absolute Gasteiger partial charge is 0.229 e. The number of hydrogen-bond acceptors (Lipinski definition) is 5. The molecule has 3 aromatic rings. The normalized spacial score (nSPS) is 11.3. The van der Waals surface area contributed by atoms with E-state index < -0.39 is 15.8 Å². The van der Waals surface area contributed by atoms with Crippen LogP contribution in [-0.2, 0) is 21.2 Å². The van der Waals surface area contributed by atoms with Crippen LogP contribution in [0.2, 0.25) is 5.02 Å². The van der Waals surface area contributed by atoms with Gasteiger partial charge in [-0.3, -0.25) is 9.52 Å². The largest absolute Gasteiger partial charge is 0.441 e. The Labute approximate surface area is 172 Å². The molecule has 0 aliphatic rings. The maximum Gasteiger partial charge on any atom is 0.229 e. The van der Waals surface area contributed by atoms with E-state index in [0.29, 0.717) is 22.2 Å². The van der Waals surface area contributed by atoms with Crippen LogP contribution < -0.4 is 10.0 Å². The molecule has 3 rings (SSSR count). The molecule has 1 heterocycles. The first-order valence-electron chi connectivity index (χ1n) is 8.48. The highest BCUT2D eigenvalue weighted by atomic mass is 35.5. The van der Waals surface area contributed by atoms with Crippen molar-refractivity contribution in [2.45, 2.75) is 12.8 Å². The van der Waals surface area contributed by atoms with E-state index in [4.69, 9.17) is 16.0 Å². The summed E-state index contributed by atoms with van der Waals surface area (Å²) >= 11 is 6.13. The van der Waals surface area contributed by atoms with Gasteiger partial charge in [0, 0.05) is 24.1 Å². The number of amides is 1. The number of carbonyl (C=O) groups is 1. The molecule has 7 nitrogen and oxygen atoms in total. The molecule has 152 valence electrons. The number of sulfonamides is 1. The predicted octanol–water partition coefficient (Wildman–Crippen LogP) is 4.08. The Morgan fingerprint density at radius 2 is 2.00 bits per heavy atom. The number of rotatable bonds is 7. The van der Waals surface area contributed by atoms with Gasteiger partial charge in [-0.1, -0.05) is 23.7 Å². The lowest BCUT2D eigenvalue weighted by molar-refractivity contribution is -0.116. The second-order valence-electron chi connectivity index (χ2n) is 6.22. The van der Waals surface area contributed by atoms with E-state index >= 15 is 0 Å². The molecule has 0 unspecified atom stereocenters. The summed E-state index contributed by atoms with van der Waals surface area (Å²) in [4.78, 5) is 16.3. The van der Waals surface area contributed by atoms with Gasteiger partial charge in [-0.2, -0.15) is 0 Å². The second kappa shape index (κ2) is 8.62. The predicted molar refractivity (Wildman–Crippen MR) is 109 cm³/mol. The standard InChI is InChI=1S/C19H17ClFN3O4S/c1-29(26,27)24-16-10-12(6-7-15(16)21)23-18(25)8-9-19-22-11-17(28-19)13-4-2-3-5-14(13)20/h2-7,10-11,24H,8-9H2,1H3,(H,23,25). The van der Waals surface area contributed by atoms with Crippen molar-refractivity contribution in [2.24, 2.45) is 0 Å². The molecule has 0 bridgehead atoms. The van der Waals surface area contributed by atoms with Gasteiger partial charge >= 0.3 is 0 Å². The van der Waals surface area contributed by atoms with Crippen LogP contribution in [-0.4, -0.2) is 25.6 Å². The molecule has 0 aliphatic heterocycles. The number of anilines is 2. The summed E-state index contributed by atoms with van der Waals surface area (Å²) in [6.45, 7) is 0. The van der Waals surface area contributed by atoms with Crippen molar-refractivity contribution < 1.29 is 22.0 Å². The van der Waals surface area contributed by atoms with Crippen LogP contribution >= 0.6 is 11.6 Å². The van der Waals surface area contributed by atoms with Crippen LogP contribution in [0.5, 0.6) is 0 Å². The number of aromatic nitrogens is 1. The molecule has 0 atom stereocenters. The average Bonchev–Trinajstić information content (AvgIpc) is 3.11. The van der Waals surface area contributed by atoms with Gasteiger partial charge in [0.25, 0.3) is 0 Å². The van der Waals surface area contributed by atoms with Crippen LogP contribution in [0.25, 0.3) is 11.3 Å². The van der Waals surface area contributed by atoms with Gasteiger partial charge in [0.2, 0.25) is 15.9 Å². The first-order chi connectivity index (χ1) is 13.7. The van der Waals surface area contributed by atoms with Crippen LogP contribution in [0.4, 0.5) is 15.8 Å². The lowest BCUT2D eigenvalue weighted by Gasteiger charge is -2.09. The second-order valence-corrected chi connectivity index (χ2v) is 8.37. The van der Waals surface area contributed by atoms with Gasteiger partial charge in [0.05, 0.1) is 23.2 Å². The number of hydrogen-bond donors (Lipinski definition) is 2. The molecule has 10 heteroatoms. The van der Waals surface area contributed by atoms with E-state index in [2.05, 4.69) is 15.0 Å². The zero-order valence-corrected chi connectivity index (χ0v) is 16.8. The number of nitrogens with zero attached hydrogens (tertiary/aromatic N) is 1. The van der Waals surface area contributed by atoms with Crippen molar-refractivity contribution in [3.05, 3.63) is 65.4 Å². The molecule has 2 N–H and O–H groups in total. The summed E-state index contributed by atoms with van der Waals surface area (Å²) in [5, 5.41) is 3.11. The van der Waals surface area contributed by atoms with Gasteiger partial charge in [-0.15, -0.1) is 0 Å². The first kappa shape index (κ1) is 20.8. The van der Waals surface area contributed by atoms with Crippen molar-refractivity contribution in [1.82, 2.24) is 4.98 Å². The molecule has 1 aromatic heterocycles. The minimum atomic E-state index is -3.65. The fourth-order valence-electron chi connectivity index (χ4n) is 2.54. The Bertz CT molecular complexity index is 1150. The molecule has 0 radical (unpaired) electrons. The van der Waals surface area contributed by atoms with Crippen LogP contribution in [0.1, 0.15) is 12.3 Å². The van der Waals surface area contributed by atoms with Gasteiger partial charge in [-0.05, 0) is 30.3 Å². The quantitative estimate of drug-likeness (QED) is 0.580. The number of benzene rings is 2. The summed E-state index contributed by atoms with van der Waals surface area (Å²) in [6, 6.07) is 10.8. The van der Waals surface area contributed by atoms with Crippen molar-refractivity contribution in [1.29, 1.82) is 0 Å². The number of nitrogens with one attached hydrogen (secondary N) is 2. The number of oxazole rings is 1. The molecule has 0 spiro atoms. The van der Waals surface area contributed by atoms with E-state index in [1.165, 1.54) is 18.3 Å². The summed E-state index contributed by atoms with van der Waals surface area (Å²) in [6.07, 6.45) is 2.75. The lowest BCUT2D eigenvalue weighted by Crippen LogP contribution is -2.14. The molecule has 0 saturated heterocycles. The van der Waals surface area contributed by atoms with Crippen LogP contribution in [0, 0.1) is 5.82 Å². The van der Waals surface area contributed by atoms with Crippen molar-refractivity contribution in [2.75, 3.05) is 16.3 Å². The third kappa shape index (κ3) is 5.78. The Balaban J connectivity index is 1.61. The van der Waals surface area contributed by atoms with E-state index in [1.54, 1.807) is 18.2 Å². The molecular weight excluding hydrogens is 421 g/mol. The first-order valence-corrected chi connectivity index (χ1v) is 10.7. The van der Waals surface area contributed by atoms with Crippen molar-refractivity contribution in [3.8, 4) is 11.3 Å². The van der Waals surface area contributed by atoms with Crippen LogP contribution in [0.3, 0.4) is 0 Å². The number of carbonyl (C=O) groups excluding carboxylic acids is 1. The molecule has 2 aromatic carbocycles. The summed E-state index contributed by atoms with van der Waals surface area (Å²) in [7, 11) is -3.65. The van der Waals surface area contributed by atoms with E-state index in [1.807, 2.05) is 6.07 Å². The van der Waals surface area contributed by atoms with Crippen molar-refractivity contribution >= 4 is 38.9 Å². The van der Waals surface area contributed by atoms with E-state index in [-0.39, 0.29) is 30.1 Å². The summed E-state index contributed by atoms with van der Waals surface area (Å²) < 4.78 is 44.0. The Hall–Kier alpha value is -2.91. The van der Waals surface area contributed by atoms with Gasteiger partial charge in [0.15, 0.2) is 11.7 Å². The monoisotopic (exact) mass is 437 g/mol. The third-order valence-electron chi connectivity index (χ3n) is 3.80. The fourth-order valence-corrected chi connectivity index (χ4v) is 3.32. The zero-order valence-electron chi connectivity index (χ0n) is 15.3. The minimum absolute atomic E-state index is 0.0642. The maximum atomic E-state index is 13.7. The van der Waals surface area contributed by atoms with Crippen molar-refractivity contribution in [3.63, 3.8) is 0 Å². The Morgan fingerprint density at radius 1 is 1.24 bits per heavy atom.